The first-order valence-corrected chi connectivity index (χ1v) is 39.1. The predicted molar refractivity (Wildman–Crippen MR) is 435 cm³/mol. The van der Waals surface area contributed by atoms with Crippen LogP contribution in [-0.4, -0.2) is 227 Å². The number of aromatic nitrogens is 14. The minimum absolute atomic E-state index is 0.0216. The van der Waals surface area contributed by atoms with E-state index in [0.29, 0.717) is 129 Å². The number of nitrogens with one attached hydrogen (secondary N) is 4. The summed E-state index contributed by atoms with van der Waals surface area (Å²) in [5.74, 6) is 1.39. The number of tetrazole rings is 2. The van der Waals surface area contributed by atoms with Crippen molar-refractivity contribution in [2.24, 2.45) is 0 Å². The van der Waals surface area contributed by atoms with Crippen molar-refractivity contribution in [1.29, 1.82) is 0 Å². The highest BCUT2D eigenvalue weighted by molar-refractivity contribution is 7.14. The second kappa shape index (κ2) is 37.2. The summed E-state index contributed by atoms with van der Waals surface area (Å²) in [6.45, 7) is 17.0. The van der Waals surface area contributed by atoms with Crippen molar-refractivity contribution in [2.75, 3.05) is 122 Å². The van der Waals surface area contributed by atoms with Gasteiger partial charge in [0.15, 0.2) is 28.5 Å². The zero-order chi connectivity index (χ0) is 81.4. The van der Waals surface area contributed by atoms with Gasteiger partial charge in [-0.25, -0.2) is 43.7 Å². The molecule has 10 heterocycles. The summed E-state index contributed by atoms with van der Waals surface area (Å²) >= 11 is 2.69. The van der Waals surface area contributed by atoms with Crippen molar-refractivity contribution in [3.8, 4) is 11.5 Å². The van der Waals surface area contributed by atoms with Crippen LogP contribution in [0.15, 0.2) is 106 Å². The molecule has 0 spiro atoms. The number of carbonyl (C=O) groups is 5. The van der Waals surface area contributed by atoms with E-state index in [9.17, 15) is 33.6 Å². The average Bonchev–Trinajstić information content (AvgIpc) is 1.04. The van der Waals surface area contributed by atoms with E-state index in [1.54, 1.807) is 78.3 Å². The first kappa shape index (κ1) is 83.1. The van der Waals surface area contributed by atoms with E-state index >= 15 is 0 Å². The van der Waals surface area contributed by atoms with Crippen molar-refractivity contribution >= 4 is 110 Å². The van der Waals surface area contributed by atoms with E-state index in [2.05, 4.69) is 88.0 Å². The Balaban J connectivity index is 0.000000225. The van der Waals surface area contributed by atoms with Crippen LogP contribution >= 0.6 is 22.7 Å². The third-order valence-corrected chi connectivity index (χ3v) is 20.3. The van der Waals surface area contributed by atoms with Crippen molar-refractivity contribution in [3.05, 3.63) is 173 Å². The minimum Gasteiger partial charge on any atom is -0.497 e. The molecule has 2 saturated heterocycles. The number of anilines is 4. The maximum Gasteiger partial charge on any atom is 0.407 e. The van der Waals surface area contributed by atoms with Gasteiger partial charge in [-0.1, -0.05) is 65.8 Å². The van der Waals surface area contributed by atoms with Crippen molar-refractivity contribution in [2.45, 2.75) is 116 Å². The van der Waals surface area contributed by atoms with Crippen LogP contribution in [0.1, 0.15) is 146 Å². The van der Waals surface area contributed by atoms with E-state index in [0.717, 1.165) is 47.0 Å². The van der Waals surface area contributed by atoms with Crippen molar-refractivity contribution < 1.29 is 52.5 Å². The maximum atomic E-state index is 14.3. The number of amides is 4. The molecule has 36 heteroatoms. The van der Waals surface area contributed by atoms with E-state index in [4.69, 9.17) is 34.0 Å². The number of pyridine rings is 2. The molecule has 2 fully saturated rings. The molecule has 0 saturated carbocycles. The molecule has 0 unspecified atom stereocenters. The highest BCUT2D eigenvalue weighted by atomic mass is 32.1. The first-order chi connectivity index (χ1) is 54.5. The van der Waals surface area contributed by atoms with E-state index in [1.165, 1.54) is 37.7 Å². The molecule has 2 aliphatic rings. The zero-order valence-corrected chi connectivity index (χ0v) is 67.7. The summed E-state index contributed by atoms with van der Waals surface area (Å²) in [6.07, 6.45) is 11.7. The monoisotopic (exact) mass is 1600 g/mol. The number of likely N-dealkylation sites (N-methyl/N-ethyl adjacent to an activating group) is 1. The Morgan fingerprint density at radius 2 is 1.04 bits per heavy atom. The van der Waals surface area contributed by atoms with Gasteiger partial charge in [-0.3, -0.25) is 38.6 Å². The van der Waals surface area contributed by atoms with Crippen LogP contribution in [-0.2, 0) is 38.2 Å². The summed E-state index contributed by atoms with van der Waals surface area (Å²) in [5.41, 5.74) is 4.25. The number of fused-ring (bicyclic) bond motifs is 2. The summed E-state index contributed by atoms with van der Waals surface area (Å²) in [5, 5.41) is 49.7. The summed E-state index contributed by atoms with van der Waals surface area (Å²) in [4.78, 5) is 117. The largest absolute Gasteiger partial charge is 0.497 e. The highest BCUT2D eigenvalue weighted by Crippen LogP contribution is 2.31. The summed E-state index contributed by atoms with van der Waals surface area (Å²) in [6, 6.07) is 21.4. The molecule has 8 aromatic heterocycles. The van der Waals surface area contributed by atoms with Gasteiger partial charge in [0.25, 0.3) is 22.9 Å². The first-order valence-electron chi connectivity index (χ1n) is 37.4. The number of nitrogens with zero attached hydrogens (tertiary/aromatic N) is 18. The highest BCUT2D eigenvalue weighted by Gasteiger charge is 2.31. The number of hydrogen-bond donors (Lipinski definition) is 5. The van der Waals surface area contributed by atoms with Gasteiger partial charge in [0, 0.05) is 77.7 Å². The number of thiazole rings is 2. The lowest BCUT2D eigenvalue weighted by Crippen LogP contribution is -2.46. The Bertz CT molecular complexity index is 5230. The molecule has 602 valence electrons. The average molecular weight is 1600 g/mol. The fourth-order valence-electron chi connectivity index (χ4n) is 12.6. The second-order valence-electron chi connectivity index (χ2n) is 30.6. The zero-order valence-electron chi connectivity index (χ0n) is 66.0. The number of aliphatic carboxylic acids is 1. The molecule has 12 rings (SSSR count). The number of carboxylic acid groups (broad SMARTS) is 1. The van der Waals surface area contributed by atoms with Crippen molar-refractivity contribution in [1.82, 2.24) is 84.7 Å². The van der Waals surface area contributed by atoms with Gasteiger partial charge >= 0.3 is 18.2 Å². The SMILES string of the molecule is COc1ccc(Cn2nnnc2C=Cc2c(N3CCC[C@@H](OC(=O)NCCCN(C)C)C3)nc3cc(C(=O)Nc4nc(C(C)(C)C)cs4)ccn3c2=O)cc1.COc1ccc(Cn2nnnc2C=Cc2c(N3CCC[C@@H](OC(=O)NCCC[N+](C)(C)CC(=O)O)C3)nc3cc(C(=O)Nc4nc(C(C)(C)C)cs4)ccn3c2=O)cc1. The Morgan fingerprint density at radius 3 is 1.43 bits per heavy atom. The number of carbonyl (C=O) groups excluding carboxylic acids is 4. The standard InChI is InChI=1S/C40H49N11O7S.C38H47N11O5S/c1-40(2,3)31-25-59-38(42-31)44-36(54)27-16-19-49-33(21-27)43-35(48-18-7-9-29(23-48)58-39(56)41-17-8-20-51(4,5)24-34(52)53)30(37(49)55)14-15-32-45-46-47-50(32)22-26-10-12-28(57-6)13-11-26;1-38(2,3)30-24-55-36(40-30)42-34(50)26-16-20-48-32(21-26)41-33(47-19-7-9-28(23-47)54-37(52)39-17-8-18-46(4)5)29(35(48)51)14-15-31-43-44-45-49(31)22-25-10-12-27(53-6)13-11-25/h10-16,19,21,25,29H,7-9,17-18,20,22-24H2,1-6H3,(H2-,41,42,44,52,53,54,56);10-16,20-21,24,28H,7-9,17-19,22-23H2,1-6H3,(H,39,52)(H,40,42,50)/p+1/t29-;28-/m11/s1. The van der Waals surface area contributed by atoms with Gasteiger partial charge in [-0.05, 0) is 158 Å². The number of ether oxygens (including phenoxy) is 4. The van der Waals surface area contributed by atoms with Gasteiger partial charge in [-0.2, -0.15) is 0 Å². The number of hydrogen-bond acceptors (Lipinski definition) is 26. The van der Waals surface area contributed by atoms with Gasteiger partial charge < -0.3 is 53.9 Å². The topological polar surface area (TPSA) is 382 Å². The quantitative estimate of drug-likeness (QED) is 0.0226. The molecule has 0 bridgehead atoms. The number of quaternary nitrogens is 1. The third-order valence-electron chi connectivity index (χ3n) is 18.8. The molecule has 2 aromatic carbocycles. The smallest absolute Gasteiger partial charge is 0.407 e. The van der Waals surface area contributed by atoms with Gasteiger partial charge in [-0.15, -0.1) is 32.9 Å². The number of benzene rings is 2. The number of rotatable bonds is 28. The van der Waals surface area contributed by atoms with Crippen LogP contribution in [0.5, 0.6) is 11.5 Å². The summed E-state index contributed by atoms with van der Waals surface area (Å²) in [7, 11) is 10.8. The Morgan fingerprint density at radius 1 is 0.605 bits per heavy atom. The Kier molecular flexibility index (Phi) is 27.1. The Labute approximate surface area is 666 Å². The van der Waals surface area contributed by atoms with Gasteiger partial charge in [0.2, 0.25) is 0 Å². The second-order valence-corrected chi connectivity index (χ2v) is 32.4. The molecule has 4 amide bonds. The molecule has 2 atom stereocenters. The predicted octanol–water partition coefficient (Wildman–Crippen LogP) is 8.72. The molecule has 0 aliphatic carbocycles. The lowest BCUT2D eigenvalue weighted by molar-refractivity contribution is -0.883. The number of alkyl carbamates (subject to hydrolysis) is 2. The molecule has 10 aromatic rings. The molecular formula is C78H97N22O12S2+. The van der Waals surface area contributed by atoms with Crippen LogP contribution < -0.4 is 51.7 Å². The third kappa shape index (κ3) is 22.3. The maximum absolute atomic E-state index is 14.3. The van der Waals surface area contributed by atoms with Crippen LogP contribution in [0.25, 0.3) is 35.6 Å². The fourth-order valence-corrected chi connectivity index (χ4v) is 14.5. The van der Waals surface area contributed by atoms with E-state index in [1.807, 2.05) is 118 Å². The van der Waals surface area contributed by atoms with Gasteiger partial charge in [0.1, 0.15) is 46.6 Å². The number of methoxy groups -OCH3 is 2. The lowest BCUT2D eigenvalue weighted by Gasteiger charge is -2.34. The Hall–Kier alpha value is -11.9. The van der Waals surface area contributed by atoms with Crippen molar-refractivity contribution in [3.63, 3.8) is 0 Å². The lowest BCUT2D eigenvalue weighted by atomic mass is 9.93. The normalized spacial score (nSPS) is 14.8. The van der Waals surface area contributed by atoms with E-state index < -0.39 is 36.3 Å². The number of carboxylic acids is 1. The minimum atomic E-state index is -0.885. The molecular weight excluding hydrogens is 1500 g/mol. The summed E-state index contributed by atoms with van der Waals surface area (Å²) < 4.78 is 28.5. The fraction of sp³-hybridized carbons (Fsp3) is 0.423. The van der Waals surface area contributed by atoms with Crippen LogP contribution in [0, 0.1) is 0 Å². The van der Waals surface area contributed by atoms with E-state index in [-0.39, 0.29) is 67.8 Å². The number of piperidine rings is 2. The molecule has 114 heavy (non-hydrogen) atoms. The molecule has 0 radical (unpaired) electrons. The van der Waals surface area contributed by atoms with Gasteiger partial charge in [0.05, 0.1) is 83.6 Å². The van der Waals surface area contributed by atoms with Crippen LogP contribution in [0.4, 0.5) is 31.5 Å². The van der Waals surface area contributed by atoms with Crippen LogP contribution in [0.3, 0.4) is 0 Å². The van der Waals surface area contributed by atoms with Crippen LogP contribution in [0.2, 0.25) is 0 Å². The molecule has 5 N–H and O–H groups in total. The molecule has 2 aliphatic heterocycles. The molecule has 34 nitrogen and oxygen atoms in total.